The fourth-order valence-corrected chi connectivity index (χ4v) is 2.21. The molecule has 1 aromatic carbocycles. The van der Waals surface area contributed by atoms with Crippen LogP contribution in [0, 0.1) is 11.7 Å². The smallest absolute Gasteiger partial charge is 0.138 e. The number of rotatable bonds is 6. The average molecular weight is 277 g/mol. The molecule has 4 nitrogen and oxygen atoms in total. The maximum atomic E-state index is 13.3. The minimum atomic E-state index is -0.287. The van der Waals surface area contributed by atoms with Gasteiger partial charge in [-0.3, -0.25) is 0 Å². The van der Waals surface area contributed by atoms with Crippen LogP contribution in [0.15, 0.2) is 30.6 Å². The van der Waals surface area contributed by atoms with E-state index in [1.165, 1.54) is 18.5 Å². The topological polar surface area (TPSA) is 50.9 Å². The lowest BCUT2D eigenvalue weighted by Gasteiger charge is -2.15. The standard InChI is InChI=1S/C15H20FN3O/c1-11(2)8-19-15(17-10-18-19)7-13(9-20)12-4-3-5-14(16)6-12/h3-6,10-11,13,20H,7-9H2,1-2H3. The zero-order valence-corrected chi connectivity index (χ0v) is 11.8. The van der Waals surface area contributed by atoms with Crippen LogP contribution in [0.5, 0.6) is 0 Å². The van der Waals surface area contributed by atoms with E-state index in [2.05, 4.69) is 23.9 Å². The van der Waals surface area contributed by atoms with Crippen molar-refractivity contribution in [3.05, 3.63) is 47.8 Å². The highest BCUT2D eigenvalue weighted by atomic mass is 19.1. The van der Waals surface area contributed by atoms with Gasteiger partial charge in [0.1, 0.15) is 18.0 Å². The fraction of sp³-hybridized carbons (Fsp3) is 0.467. The van der Waals surface area contributed by atoms with Crippen molar-refractivity contribution in [1.29, 1.82) is 0 Å². The Kier molecular flexibility index (Phi) is 4.84. The third kappa shape index (κ3) is 3.63. The van der Waals surface area contributed by atoms with Crippen LogP contribution >= 0.6 is 0 Å². The van der Waals surface area contributed by atoms with Gasteiger partial charge in [0.25, 0.3) is 0 Å². The highest BCUT2D eigenvalue weighted by molar-refractivity contribution is 5.21. The number of aliphatic hydroxyl groups excluding tert-OH is 1. The van der Waals surface area contributed by atoms with Crippen LogP contribution in [0.3, 0.4) is 0 Å². The van der Waals surface area contributed by atoms with Crippen molar-refractivity contribution < 1.29 is 9.50 Å². The van der Waals surface area contributed by atoms with Gasteiger partial charge in [-0.15, -0.1) is 0 Å². The van der Waals surface area contributed by atoms with Crippen LogP contribution < -0.4 is 0 Å². The Labute approximate surface area is 118 Å². The monoisotopic (exact) mass is 277 g/mol. The van der Waals surface area contributed by atoms with E-state index < -0.39 is 0 Å². The van der Waals surface area contributed by atoms with Crippen molar-refractivity contribution >= 4 is 0 Å². The van der Waals surface area contributed by atoms with Gasteiger partial charge >= 0.3 is 0 Å². The zero-order valence-electron chi connectivity index (χ0n) is 11.8. The van der Waals surface area contributed by atoms with Crippen molar-refractivity contribution in [2.45, 2.75) is 32.7 Å². The van der Waals surface area contributed by atoms with Crippen LogP contribution in [0.2, 0.25) is 0 Å². The molecule has 108 valence electrons. The molecule has 0 aliphatic rings. The summed E-state index contributed by atoms with van der Waals surface area (Å²) in [5.74, 6) is 0.838. The number of aromatic nitrogens is 3. The maximum Gasteiger partial charge on any atom is 0.138 e. The predicted octanol–water partition coefficient (Wildman–Crippen LogP) is 2.39. The highest BCUT2D eigenvalue weighted by Crippen LogP contribution is 2.20. The van der Waals surface area contributed by atoms with Gasteiger partial charge in [-0.05, 0) is 23.6 Å². The van der Waals surface area contributed by atoms with E-state index >= 15 is 0 Å². The second kappa shape index (κ2) is 6.61. The molecule has 20 heavy (non-hydrogen) atoms. The Morgan fingerprint density at radius 3 is 2.80 bits per heavy atom. The molecule has 0 amide bonds. The summed E-state index contributed by atoms with van der Waals surface area (Å²) in [5, 5.41) is 13.8. The zero-order chi connectivity index (χ0) is 14.5. The minimum absolute atomic E-state index is 0.0437. The summed E-state index contributed by atoms with van der Waals surface area (Å²) in [7, 11) is 0. The van der Waals surface area contributed by atoms with Crippen LogP contribution in [0.1, 0.15) is 31.2 Å². The van der Waals surface area contributed by atoms with Crippen molar-refractivity contribution in [2.24, 2.45) is 5.92 Å². The van der Waals surface area contributed by atoms with Gasteiger partial charge in [0.2, 0.25) is 0 Å². The molecule has 2 aromatic rings. The normalized spacial score (nSPS) is 12.8. The molecule has 1 N–H and O–H groups in total. The quantitative estimate of drug-likeness (QED) is 0.882. The van der Waals surface area contributed by atoms with Gasteiger partial charge in [0, 0.05) is 18.9 Å². The number of benzene rings is 1. The van der Waals surface area contributed by atoms with E-state index in [0.717, 1.165) is 17.9 Å². The Bertz CT molecular complexity index is 554. The average Bonchev–Trinajstić information content (AvgIpc) is 2.82. The molecule has 0 saturated heterocycles. The molecule has 1 atom stereocenters. The van der Waals surface area contributed by atoms with Gasteiger partial charge in [-0.25, -0.2) is 14.1 Å². The third-order valence-electron chi connectivity index (χ3n) is 3.20. The number of hydrogen-bond acceptors (Lipinski definition) is 3. The first-order valence-corrected chi connectivity index (χ1v) is 6.83. The molecule has 0 bridgehead atoms. The maximum absolute atomic E-state index is 13.3. The second-order valence-corrected chi connectivity index (χ2v) is 5.39. The van der Waals surface area contributed by atoms with E-state index in [4.69, 9.17) is 0 Å². The summed E-state index contributed by atoms with van der Waals surface area (Å²) in [6.07, 6.45) is 2.07. The molecule has 0 fully saturated rings. The highest BCUT2D eigenvalue weighted by Gasteiger charge is 2.16. The lowest BCUT2D eigenvalue weighted by atomic mass is 9.96. The molecule has 0 saturated carbocycles. The van der Waals surface area contributed by atoms with Crippen LogP contribution in [-0.4, -0.2) is 26.5 Å². The third-order valence-corrected chi connectivity index (χ3v) is 3.20. The second-order valence-electron chi connectivity index (χ2n) is 5.39. The molecular formula is C15H20FN3O. The Balaban J connectivity index is 2.16. The first kappa shape index (κ1) is 14.7. The molecule has 1 aromatic heterocycles. The van der Waals surface area contributed by atoms with E-state index in [1.807, 2.05) is 10.7 Å². The summed E-state index contributed by atoms with van der Waals surface area (Å²) in [5.41, 5.74) is 0.784. The van der Waals surface area contributed by atoms with E-state index in [-0.39, 0.29) is 18.3 Å². The largest absolute Gasteiger partial charge is 0.396 e. The molecule has 0 radical (unpaired) electrons. The Morgan fingerprint density at radius 1 is 1.35 bits per heavy atom. The predicted molar refractivity (Wildman–Crippen MR) is 74.8 cm³/mol. The van der Waals surface area contributed by atoms with Crippen molar-refractivity contribution in [2.75, 3.05) is 6.61 Å². The van der Waals surface area contributed by atoms with Gasteiger partial charge < -0.3 is 5.11 Å². The molecule has 1 unspecified atom stereocenters. The first-order chi connectivity index (χ1) is 9.60. The molecule has 2 rings (SSSR count). The van der Waals surface area contributed by atoms with E-state index in [0.29, 0.717) is 12.3 Å². The Morgan fingerprint density at radius 2 is 2.15 bits per heavy atom. The molecule has 0 aliphatic heterocycles. The van der Waals surface area contributed by atoms with Gasteiger partial charge in [-0.1, -0.05) is 26.0 Å². The number of hydrogen-bond donors (Lipinski definition) is 1. The lowest BCUT2D eigenvalue weighted by molar-refractivity contribution is 0.261. The summed E-state index contributed by atoms with van der Waals surface area (Å²) in [6.45, 7) is 4.97. The molecular weight excluding hydrogens is 257 g/mol. The summed E-state index contributed by atoms with van der Waals surface area (Å²) < 4.78 is 15.1. The van der Waals surface area contributed by atoms with Crippen LogP contribution in [0.4, 0.5) is 4.39 Å². The fourth-order valence-electron chi connectivity index (χ4n) is 2.21. The Hall–Kier alpha value is -1.75. The van der Waals surface area contributed by atoms with Crippen LogP contribution in [0.25, 0.3) is 0 Å². The van der Waals surface area contributed by atoms with Crippen molar-refractivity contribution in [3.63, 3.8) is 0 Å². The molecule has 5 heteroatoms. The number of nitrogens with zero attached hydrogens (tertiary/aromatic N) is 3. The number of halogens is 1. The van der Waals surface area contributed by atoms with Crippen LogP contribution in [-0.2, 0) is 13.0 Å². The minimum Gasteiger partial charge on any atom is -0.396 e. The van der Waals surface area contributed by atoms with Gasteiger partial charge in [-0.2, -0.15) is 5.10 Å². The van der Waals surface area contributed by atoms with E-state index in [1.54, 1.807) is 6.07 Å². The van der Waals surface area contributed by atoms with Gasteiger partial charge in [0.15, 0.2) is 0 Å². The van der Waals surface area contributed by atoms with E-state index in [9.17, 15) is 9.50 Å². The first-order valence-electron chi connectivity index (χ1n) is 6.83. The summed E-state index contributed by atoms with van der Waals surface area (Å²) in [4.78, 5) is 4.25. The summed E-state index contributed by atoms with van der Waals surface area (Å²) >= 11 is 0. The van der Waals surface area contributed by atoms with Gasteiger partial charge in [0.05, 0.1) is 6.61 Å². The molecule has 0 aliphatic carbocycles. The SMILES string of the molecule is CC(C)Cn1ncnc1CC(CO)c1cccc(F)c1. The molecule has 1 heterocycles. The number of aliphatic hydroxyl groups is 1. The lowest BCUT2D eigenvalue weighted by Crippen LogP contribution is -2.15. The van der Waals surface area contributed by atoms with Crippen molar-refractivity contribution in [1.82, 2.24) is 14.8 Å². The van der Waals surface area contributed by atoms with Crippen molar-refractivity contribution in [3.8, 4) is 0 Å². The summed E-state index contributed by atoms with van der Waals surface area (Å²) in [6, 6.07) is 6.35. The molecule has 0 spiro atoms.